The Labute approximate surface area is 183 Å². The van der Waals surface area contributed by atoms with E-state index in [-0.39, 0.29) is 27.0 Å². The highest BCUT2D eigenvalue weighted by molar-refractivity contribution is 7.92. The van der Waals surface area contributed by atoms with Gasteiger partial charge in [0.2, 0.25) is 0 Å². The van der Waals surface area contributed by atoms with Gasteiger partial charge in [0, 0.05) is 6.26 Å². The van der Waals surface area contributed by atoms with Crippen molar-refractivity contribution < 1.29 is 26.7 Å². The van der Waals surface area contributed by atoms with Crippen LogP contribution in [0.1, 0.15) is 66.4 Å². The molecule has 0 saturated heterocycles. The number of anilines is 1. The zero-order chi connectivity index (χ0) is 22.8. The summed E-state index contributed by atoms with van der Waals surface area (Å²) in [5.41, 5.74) is 1.35. The summed E-state index contributed by atoms with van der Waals surface area (Å²) in [6.45, 7) is 1.78. The van der Waals surface area contributed by atoms with Crippen LogP contribution in [0.5, 0.6) is 0 Å². The van der Waals surface area contributed by atoms with Crippen LogP contribution in [0.3, 0.4) is 0 Å². The number of rotatable bonds is 7. The first kappa shape index (κ1) is 23.3. The van der Waals surface area contributed by atoms with E-state index in [1.54, 1.807) is 13.0 Å². The van der Waals surface area contributed by atoms with Gasteiger partial charge < -0.3 is 5.11 Å². The Kier molecular flexibility index (Phi) is 6.76. The van der Waals surface area contributed by atoms with Crippen LogP contribution < -0.4 is 4.72 Å². The van der Waals surface area contributed by atoms with Crippen molar-refractivity contribution in [1.29, 1.82) is 0 Å². The van der Waals surface area contributed by atoms with Gasteiger partial charge in [-0.1, -0.05) is 38.3 Å². The fraction of sp³-hybridized carbons (Fsp3) is 0.409. The maximum atomic E-state index is 13.3. The van der Waals surface area contributed by atoms with Gasteiger partial charge in [0.15, 0.2) is 9.84 Å². The molecule has 2 aromatic rings. The molecule has 0 amide bonds. The summed E-state index contributed by atoms with van der Waals surface area (Å²) in [6, 6.07) is 8.58. The van der Waals surface area contributed by atoms with E-state index in [1.165, 1.54) is 24.3 Å². The average molecular weight is 466 g/mol. The molecule has 0 bridgehead atoms. The quantitative estimate of drug-likeness (QED) is 0.633. The van der Waals surface area contributed by atoms with Gasteiger partial charge in [0.1, 0.15) is 0 Å². The molecule has 31 heavy (non-hydrogen) atoms. The normalized spacial score (nSPS) is 15.5. The number of carbonyl (C=O) groups is 1. The molecule has 1 aliphatic carbocycles. The van der Waals surface area contributed by atoms with Crippen LogP contribution in [0.15, 0.2) is 46.2 Å². The highest BCUT2D eigenvalue weighted by atomic mass is 32.2. The standard InChI is InChI=1S/C22H27NO6S2/c1-3-15-9-10-17(22(24)25)13-21(15)31(28,29)23-20-14-18(30(2,26)27)11-12-19(20)16-7-5-4-6-8-16/h9-14,16,23H,3-8H2,1-2H3,(H,24,25). The molecule has 0 unspecified atom stereocenters. The number of sulfone groups is 1. The minimum Gasteiger partial charge on any atom is -0.478 e. The summed E-state index contributed by atoms with van der Waals surface area (Å²) in [5, 5.41) is 9.29. The maximum absolute atomic E-state index is 13.3. The molecule has 1 aliphatic rings. The Balaban J connectivity index is 2.11. The van der Waals surface area contributed by atoms with Gasteiger partial charge in [-0.25, -0.2) is 21.6 Å². The van der Waals surface area contributed by atoms with E-state index in [0.717, 1.165) is 50.0 Å². The third-order valence-electron chi connectivity index (χ3n) is 5.73. The number of hydrogen-bond acceptors (Lipinski definition) is 5. The van der Waals surface area contributed by atoms with Crippen molar-refractivity contribution in [2.75, 3.05) is 11.0 Å². The molecular formula is C22H27NO6S2. The zero-order valence-electron chi connectivity index (χ0n) is 17.6. The van der Waals surface area contributed by atoms with E-state index in [4.69, 9.17) is 0 Å². The van der Waals surface area contributed by atoms with Gasteiger partial charge >= 0.3 is 5.97 Å². The molecule has 1 saturated carbocycles. The van der Waals surface area contributed by atoms with Crippen LogP contribution in [0, 0.1) is 0 Å². The summed E-state index contributed by atoms with van der Waals surface area (Å²) < 4.78 is 53.3. The van der Waals surface area contributed by atoms with Crippen molar-refractivity contribution in [3.8, 4) is 0 Å². The molecule has 9 heteroatoms. The summed E-state index contributed by atoms with van der Waals surface area (Å²) in [5.74, 6) is -1.09. The van der Waals surface area contributed by atoms with Crippen LogP contribution in [-0.2, 0) is 26.3 Å². The first-order valence-electron chi connectivity index (χ1n) is 10.3. The van der Waals surface area contributed by atoms with Gasteiger partial charge in [-0.2, -0.15) is 0 Å². The van der Waals surface area contributed by atoms with E-state index in [0.29, 0.717) is 12.0 Å². The number of carboxylic acid groups (broad SMARTS) is 1. The Bertz CT molecular complexity index is 1200. The minimum atomic E-state index is -4.14. The van der Waals surface area contributed by atoms with E-state index >= 15 is 0 Å². The number of sulfonamides is 1. The van der Waals surface area contributed by atoms with Gasteiger partial charge in [0.25, 0.3) is 10.0 Å². The van der Waals surface area contributed by atoms with Crippen molar-refractivity contribution >= 4 is 31.5 Å². The molecule has 168 valence electrons. The first-order valence-corrected chi connectivity index (χ1v) is 13.6. The molecule has 3 rings (SSSR count). The maximum Gasteiger partial charge on any atom is 0.335 e. The molecule has 0 heterocycles. The molecule has 0 atom stereocenters. The van der Waals surface area contributed by atoms with Gasteiger partial charge in [0.05, 0.1) is 21.0 Å². The van der Waals surface area contributed by atoms with Crippen molar-refractivity contribution in [2.24, 2.45) is 0 Å². The fourth-order valence-corrected chi connectivity index (χ4v) is 6.12. The topological polar surface area (TPSA) is 118 Å². The number of benzene rings is 2. The third kappa shape index (κ3) is 5.27. The van der Waals surface area contributed by atoms with Crippen LogP contribution >= 0.6 is 0 Å². The second-order valence-corrected chi connectivity index (χ2v) is 11.6. The second-order valence-electron chi connectivity index (χ2n) is 7.94. The lowest BCUT2D eigenvalue weighted by Gasteiger charge is -2.25. The number of aromatic carboxylic acids is 1. The third-order valence-corrected chi connectivity index (χ3v) is 8.28. The second kappa shape index (κ2) is 9.00. The van der Waals surface area contributed by atoms with Crippen molar-refractivity contribution in [3.63, 3.8) is 0 Å². The molecule has 0 spiro atoms. The fourth-order valence-electron chi connectivity index (χ4n) is 4.05. The molecule has 2 aromatic carbocycles. The van der Waals surface area contributed by atoms with Crippen molar-refractivity contribution in [1.82, 2.24) is 0 Å². The molecule has 1 fully saturated rings. The van der Waals surface area contributed by atoms with Crippen molar-refractivity contribution in [2.45, 2.75) is 61.2 Å². The Hall–Kier alpha value is -2.39. The van der Waals surface area contributed by atoms with E-state index in [9.17, 15) is 26.7 Å². The summed E-state index contributed by atoms with van der Waals surface area (Å²) >= 11 is 0. The highest BCUT2D eigenvalue weighted by Gasteiger charge is 2.25. The van der Waals surface area contributed by atoms with Crippen LogP contribution in [0.2, 0.25) is 0 Å². The number of nitrogens with one attached hydrogen (secondary N) is 1. The van der Waals surface area contributed by atoms with Gasteiger partial charge in [-0.15, -0.1) is 0 Å². The lowest BCUT2D eigenvalue weighted by molar-refractivity contribution is 0.0696. The number of carboxylic acids is 1. The largest absolute Gasteiger partial charge is 0.478 e. The minimum absolute atomic E-state index is 0.0276. The lowest BCUT2D eigenvalue weighted by Crippen LogP contribution is -2.18. The Morgan fingerprint density at radius 3 is 2.29 bits per heavy atom. The molecule has 0 aliphatic heterocycles. The zero-order valence-corrected chi connectivity index (χ0v) is 19.2. The Morgan fingerprint density at radius 2 is 1.71 bits per heavy atom. The van der Waals surface area contributed by atoms with Crippen LogP contribution in [0.4, 0.5) is 5.69 Å². The first-order chi connectivity index (χ1) is 14.5. The predicted octanol–water partition coefficient (Wildman–Crippen LogP) is 4.20. The SMILES string of the molecule is CCc1ccc(C(=O)O)cc1S(=O)(=O)Nc1cc(S(C)(=O)=O)ccc1C1CCCCC1. The van der Waals surface area contributed by atoms with E-state index in [2.05, 4.69) is 4.72 Å². The number of hydrogen-bond donors (Lipinski definition) is 2. The number of aryl methyl sites for hydroxylation is 1. The van der Waals surface area contributed by atoms with Gasteiger partial charge in [-0.05, 0) is 60.6 Å². The molecule has 7 nitrogen and oxygen atoms in total. The van der Waals surface area contributed by atoms with Crippen LogP contribution in [0.25, 0.3) is 0 Å². The molecule has 0 radical (unpaired) electrons. The summed E-state index contributed by atoms with van der Waals surface area (Å²) in [4.78, 5) is 11.3. The summed E-state index contributed by atoms with van der Waals surface area (Å²) in [6.07, 6.45) is 6.47. The smallest absolute Gasteiger partial charge is 0.335 e. The lowest BCUT2D eigenvalue weighted by atomic mass is 9.83. The van der Waals surface area contributed by atoms with E-state index < -0.39 is 25.8 Å². The van der Waals surface area contributed by atoms with Crippen LogP contribution in [-0.4, -0.2) is 34.2 Å². The Morgan fingerprint density at radius 1 is 1.03 bits per heavy atom. The predicted molar refractivity (Wildman–Crippen MR) is 119 cm³/mol. The van der Waals surface area contributed by atoms with Crippen molar-refractivity contribution in [3.05, 3.63) is 53.1 Å². The van der Waals surface area contributed by atoms with Gasteiger partial charge in [-0.3, -0.25) is 4.72 Å². The molecular weight excluding hydrogens is 438 g/mol. The monoisotopic (exact) mass is 465 g/mol. The highest BCUT2D eigenvalue weighted by Crippen LogP contribution is 2.38. The summed E-state index contributed by atoms with van der Waals surface area (Å²) in [7, 11) is -7.68. The molecule has 2 N–H and O–H groups in total. The average Bonchev–Trinajstić information content (AvgIpc) is 2.73. The van der Waals surface area contributed by atoms with E-state index in [1.807, 2.05) is 0 Å². The molecule has 0 aromatic heterocycles.